The molecule has 0 atom stereocenters. The van der Waals surface area contributed by atoms with Crippen LogP contribution in [0.5, 0.6) is 0 Å². The van der Waals surface area contributed by atoms with Crippen LogP contribution >= 0.6 is 0 Å². The fourth-order valence-electron chi connectivity index (χ4n) is 5.80. The number of benzene rings is 1. The number of ether oxygens (including phenoxy) is 1. The number of amides is 1. The lowest BCUT2D eigenvalue weighted by Gasteiger charge is -2.55. The van der Waals surface area contributed by atoms with Crippen LogP contribution in [0.15, 0.2) is 24.3 Å². The first-order valence-corrected chi connectivity index (χ1v) is 9.82. The highest BCUT2D eigenvalue weighted by Gasteiger charge is 2.54. The van der Waals surface area contributed by atoms with Crippen molar-refractivity contribution in [2.45, 2.75) is 57.9 Å². The maximum atomic E-state index is 12.9. The van der Waals surface area contributed by atoms with Crippen LogP contribution < -0.4 is 5.32 Å². The van der Waals surface area contributed by atoms with Gasteiger partial charge in [0.05, 0.1) is 6.61 Å². The maximum absolute atomic E-state index is 12.9. The molecule has 3 nitrogen and oxygen atoms in total. The summed E-state index contributed by atoms with van der Waals surface area (Å²) < 4.78 is 41.0. The van der Waals surface area contributed by atoms with E-state index in [1.54, 1.807) is 12.1 Å². The van der Waals surface area contributed by atoms with Crippen molar-refractivity contribution in [2.75, 3.05) is 6.61 Å². The van der Waals surface area contributed by atoms with E-state index >= 15 is 0 Å². The second kappa shape index (κ2) is 7.12. The Morgan fingerprint density at radius 3 is 2.04 bits per heavy atom. The summed E-state index contributed by atoms with van der Waals surface area (Å²) >= 11 is 0. The molecule has 0 unspecified atom stereocenters. The topological polar surface area (TPSA) is 38.3 Å². The number of halogens is 3. The quantitative estimate of drug-likeness (QED) is 0.782. The fraction of sp³-hybridized carbons (Fsp3) is 0.667. The van der Waals surface area contributed by atoms with Gasteiger partial charge in [0.2, 0.25) is 5.91 Å². The summed E-state index contributed by atoms with van der Waals surface area (Å²) in [5.41, 5.74) is 1.49. The number of hydrogen-bond acceptors (Lipinski definition) is 2. The molecule has 4 bridgehead atoms. The molecule has 4 saturated carbocycles. The highest BCUT2D eigenvalue weighted by Crippen LogP contribution is 2.60. The molecule has 5 rings (SSSR count). The molecule has 1 aromatic carbocycles. The molecular formula is C21H26F3NO2. The average molecular weight is 381 g/mol. The molecule has 1 N–H and O–H groups in total. The Morgan fingerprint density at radius 1 is 1.00 bits per heavy atom. The van der Waals surface area contributed by atoms with Crippen molar-refractivity contribution in [2.24, 2.45) is 23.2 Å². The smallest absolute Gasteiger partial charge is 0.367 e. The lowest BCUT2D eigenvalue weighted by atomic mass is 9.49. The van der Waals surface area contributed by atoms with E-state index in [-0.39, 0.29) is 17.9 Å². The molecule has 4 aliphatic carbocycles. The van der Waals surface area contributed by atoms with Crippen LogP contribution in [0.1, 0.15) is 49.7 Å². The molecule has 0 radical (unpaired) electrons. The van der Waals surface area contributed by atoms with Gasteiger partial charge in [-0.25, -0.2) is 0 Å². The van der Waals surface area contributed by atoms with Crippen molar-refractivity contribution in [3.8, 4) is 0 Å². The van der Waals surface area contributed by atoms with Gasteiger partial charge in [0.25, 0.3) is 0 Å². The summed E-state index contributed by atoms with van der Waals surface area (Å²) in [7, 11) is 0. The molecule has 4 fully saturated rings. The number of hydrogen-bond donors (Lipinski definition) is 1. The molecule has 1 amide bonds. The number of nitrogens with one attached hydrogen (secondary N) is 1. The summed E-state index contributed by atoms with van der Waals surface area (Å²) in [6.07, 6.45) is 2.75. The van der Waals surface area contributed by atoms with Crippen molar-refractivity contribution in [3.05, 3.63) is 35.4 Å². The van der Waals surface area contributed by atoms with Crippen molar-refractivity contribution < 1.29 is 22.7 Å². The lowest BCUT2D eigenvalue weighted by molar-refractivity contribution is -0.176. The van der Waals surface area contributed by atoms with Gasteiger partial charge in [-0.3, -0.25) is 4.79 Å². The van der Waals surface area contributed by atoms with Crippen molar-refractivity contribution in [1.29, 1.82) is 0 Å². The monoisotopic (exact) mass is 381 g/mol. The van der Waals surface area contributed by atoms with Gasteiger partial charge in [-0.05, 0) is 67.4 Å². The molecule has 0 aliphatic heterocycles. The zero-order chi connectivity index (χ0) is 19.1. The molecule has 148 valence electrons. The summed E-state index contributed by atoms with van der Waals surface area (Å²) in [4.78, 5) is 12.9. The molecule has 27 heavy (non-hydrogen) atoms. The van der Waals surface area contributed by atoms with Gasteiger partial charge in [0, 0.05) is 12.0 Å². The third-order valence-electron chi connectivity index (χ3n) is 6.53. The zero-order valence-electron chi connectivity index (χ0n) is 15.4. The van der Waals surface area contributed by atoms with E-state index < -0.39 is 12.8 Å². The Morgan fingerprint density at radius 2 is 1.52 bits per heavy atom. The van der Waals surface area contributed by atoms with Crippen LogP contribution in [-0.2, 0) is 22.7 Å². The predicted octanol–water partition coefficient (Wildman–Crippen LogP) is 4.60. The third kappa shape index (κ3) is 4.31. The molecule has 0 aromatic heterocycles. The lowest BCUT2D eigenvalue weighted by Crippen LogP contribution is -2.53. The van der Waals surface area contributed by atoms with Crippen LogP contribution in [-0.4, -0.2) is 18.7 Å². The summed E-state index contributed by atoms with van der Waals surface area (Å²) in [6.45, 7) is -0.848. The van der Waals surface area contributed by atoms with Gasteiger partial charge in [-0.15, -0.1) is 0 Å². The Bertz CT molecular complexity index is 648. The SMILES string of the molecule is O=C(NCc1ccc(COCC(F)(F)F)cc1)C12CC3CC(CC(C3)C1)C2. The molecule has 6 heteroatoms. The number of alkyl halides is 3. The van der Waals surface area contributed by atoms with Gasteiger partial charge in [-0.1, -0.05) is 24.3 Å². The van der Waals surface area contributed by atoms with E-state index in [2.05, 4.69) is 10.1 Å². The van der Waals surface area contributed by atoms with Gasteiger partial charge in [0.15, 0.2) is 0 Å². The van der Waals surface area contributed by atoms with E-state index in [1.165, 1.54) is 19.3 Å². The van der Waals surface area contributed by atoms with Gasteiger partial charge in [-0.2, -0.15) is 13.2 Å². The van der Waals surface area contributed by atoms with Crippen molar-refractivity contribution >= 4 is 5.91 Å². The first-order valence-electron chi connectivity index (χ1n) is 9.82. The van der Waals surface area contributed by atoms with Crippen LogP contribution in [0.25, 0.3) is 0 Å². The summed E-state index contributed by atoms with van der Waals surface area (Å²) in [5, 5.41) is 3.12. The Kier molecular flexibility index (Phi) is 4.95. The van der Waals surface area contributed by atoms with Gasteiger partial charge < -0.3 is 10.1 Å². The summed E-state index contributed by atoms with van der Waals surface area (Å²) in [6, 6.07) is 7.18. The van der Waals surface area contributed by atoms with Crippen LogP contribution in [0.2, 0.25) is 0 Å². The van der Waals surface area contributed by atoms with E-state index in [1.807, 2.05) is 12.1 Å². The van der Waals surface area contributed by atoms with Crippen LogP contribution in [0.3, 0.4) is 0 Å². The molecule has 1 aromatic rings. The van der Waals surface area contributed by atoms with Crippen LogP contribution in [0, 0.1) is 23.2 Å². The highest BCUT2D eigenvalue weighted by atomic mass is 19.4. The van der Waals surface area contributed by atoms with E-state index in [4.69, 9.17) is 0 Å². The Hall–Kier alpha value is -1.56. The Labute approximate surface area is 157 Å². The van der Waals surface area contributed by atoms with Crippen molar-refractivity contribution in [1.82, 2.24) is 5.32 Å². The predicted molar refractivity (Wildman–Crippen MR) is 94.6 cm³/mol. The first-order chi connectivity index (χ1) is 12.8. The van der Waals surface area contributed by atoms with E-state index in [9.17, 15) is 18.0 Å². The zero-order valence-corrected chi connectivity index (χ0v) is 15.4. The normalized spacial score (nSPS) is 31.9. The minimum absolute atomic E-state index is 0.0700. The molecule has 0 heterocycles. The second-order valence-electron chi connectivity index (χ2n) is 8.81. The molecular weight excluding hydrogens is 355 g/mol. The largest absolute Gasteiger partial charge is 0.411 e. The third-order valence-corrected chi connectivity index (χ3v) is 6.53. The maximum Gasteiger partial charge on any atom is 0.411 e. The molecule has 4 aliphatic rings. The minimum atomic E-state index is -4.30. The van der Waals surface area contributed by atoms with E-state index in [0.29, 0.717) is 12.1 Å². The fourth-order valence-corrected chi connectivity index (χ4v) is 5.80. The first kappa shape index (κ1) is 18.8. The van der Waals surface area contributed by atoms with Gasteiger partial charge in [0.1, 0.15) is 6.61 Å². The van der Waals surface area contributed by atoms with E-state index in [0.717, 1.165) is 42.6 Å². The number of carbonyl (C=O) groups is 1. The summed E-state index contributed by atoms with van der Waals surface area (Å²) in [5.74, 6) is 2.40. The minimum Gasteiger partial charge on any atom is -0.367 e. The van der Waals surface area contributed by atoms with Gasteiger partial charge >= 0.3 is 6.18 Å². The Balaban J connectivity index is 1.28. The highest BCUT2D eigenvalue weighted by molar-refractivity contribution is 5.83. The van der Waals surface area contributed by atoms with Crippen LogP contribution in [0.4, 0.5) is 13.2 Å². The molecule has 0 saturated heterocycles. The number of rotatable bonds is 6. The molecule has 0 spiro atoms. The standard InChI is InChI=1S/C21H26F3NO2/c22-21(23,24)13-27-12-15-3-1-14(2-4-15)11-25-19(26)20-8-16-5-17(9-20)7-18(6-16)10-20/h1-4,16-18H,5-13H2,(H,25,26). The average Bonchev–Trinajstić information content (AvgIpc) is 2.58. The van der Waals surface area contributed by atoms with Crippen molar-refractivity contribution in [3.63, 3.8) is 0 Å². The number of carbonyl (C=O) groups excluding carboxylic acids is 1. The second-order valence-corrected chi connectivity index (χ2v) is 8.81.